The van der Waals surface area contributed by atoms with Gasteiger partial charge in [0.25, 0.3) is 10.0 Å². The molecule has 8 heteroatoms. The largest absolute Gasteiger partial charge is 0.455 e. The number of nitrogens with one attached hydrogen (secondary N) is 2. The normalized spacial score (nSPS) is 11.0. The van der Waals surface area contributed by atoms with Crippen LogP contribution in [0.25, 0.3) is 0 Å². The topological polar surface area (TPSA) is 84.5 Å². The summed E-state index contributed by atoms with van der Waals surface area (Å²) in [7, 11) is -3.90. The number of carbonyl (C=O) groups is 1. The van der Waals surface area contributed by atoms with Crippen molar-refractivity contribution in [3.8, 4) is 11.5 Å². The molecule has 0 aliphatic carbocycles. The van der Waals surface area contributed by atoms with E-state index >= 15 is 0 Å². The zero-order valence-corrected chi connectivity index (χ0v) is 17.5. The third-order valence-corrected chi connectivity index (χ3v) is 6.05. The van der Waals surface area contributed by atoms with Crippen LogP contribution in [0.1, 0.15) is 6.92 Å². The van der Waals surface area contributed by atoms with Crippen LogP contribution < -0.4 is 14.8 Å². The Morgan fingerprint density at radius 1 is 0.931 bits per heavy atom. The number of para-hydroxylation sites is 3. The predicted octanol–water partition coefficient (Wildman–Crippen LogP) is 4.96. The lowest BCUT2D eigenvalue weighted by molar-refractivity contribution is -0.114. The molecule has 3 aromatic carbocycles. The Bertz CT molecular complexity index is 1120. The molecular formula is C21H20N2O4S2. The summed E-state index contributed by atoms with van der Waals surface area (Å²) in [5, 5.41) is 2.67. The van der Waals surface area contributed by atoms with E-state index in [1.165, 1.54) is 30.8 Å². The van der Waals surface area contributed by atoms with Crippen LogP contribution in [-0.4, -0.2) is 20.6 Å². The molecule has 0 spiro atoms. The summed E-state index contributed by atoms with van der Waals surface area (Å²) in [4.78, 5) is 12.3. The van der Waals surface area contributed by atoms with Gasteiger partial charge in [-0.25, -0.2) is 8.42 Å². The average molecular weight is 429 g/mol. The Labute approximate surface area is 174 Å². The lowest BCUT2D eigenvalue weighted by atomic mass is 10.3. The van der Waals surface area contributed by atoms with E-state index in [9.17, 15) is 13.2 Å². The van der Waals surface area contributed by atoms with Gasteiger partial charge in [-0.2, -0.15) is 0 Å². The van der Waals surface area contributed by atoms with Crippen molar-refractivity contribution in [2.75, 3.05) is 16.3 Å². The van der Waals surface area contributed by atoms with Crippen molar-refractivity contribution in [1.82, 2.24) is 0 Å². The molecule has 2 N–H and O–H groups in total. The van der Waals surface area contributed by atoms with Crippen molar-refractivity contribution in [3.63, 3.8) is 0 Å². The molecule has 0 radical (unpaired) electrons. The van der Waals surface area contributed by atoms with Gasteiger partial charge in [-0.1, -0.05) is 30.3 Å². The van der Waals surface area contributed by atoms with Crippen LogP contribution in [0.3, 0.4) is 0 Å². The van der Waals surface area contributed by atoms with Crippen LogP contribution in [-0.2, 0) is 14.8 Å². The highest BCUT2D eigenvalue weighted by molar-refractivity contribution is 7.98. The number of hydrogen-bond acceptors (Lipinski definition) is 5. The molecule has 0 bridgehead atoms. The van der Waals surface area contributed by atoms with Gasteiger partial charge in [-0.3, -0.25) is 9.52 Å². The maximum absolute atomic E-state index is 13.0. The molecule has 29 heavy (non-hydrogen) atoms. The van der Waals surface area contributed by atoms with Crippen molar-refractivity contribution in [3.05, 3.63) is 72.8 Å². The molecule has 1 amide bonds. The summed E-state index contributed by atoms with van der Waals surface area (Å²) in [5.41, 5.74) is 0.757. The maximum Gasteiger partial charge on any atom is 0.262 e. The number of sulfonamides is 1. The Kier molecular flexibility index (Phi) is 6.46. The third kappa shape index (κ3) is 5.30. The third-order valence-electron chi connectivity index (χ3n) is 3.89. The number of benzene rings is 3. The molecule has 3 rings (SSSR count). The fourth-order valence-electron chi connectivity index (χ4n) is 2.60. The summed E-state index contributed by atoms with van der Waals surface area (Å²) < 4.78 is 34.3. The van der Waals surface area contributed by atoms with Gasteiger partial charge in [0.1, 0.15) is 5.75 Å². The quantitative estimate of drug-likeness (QED) is 0.520. The highest BCUT2D eigenvalue weighted by Crippen LogP contribution is 2.32. The van der Waals surface area contributed by atoms with E-state index in [2.05, 4.69) is 10.0 Å². The summed E-state index contributed by atoms with van der Waals surface area (Å²) in [6.45, 7) is 1.38. The van der Waals surface area contributed by atoms with Crippen LogP contribution in [0.15, 0.2) is 82.6 Å². The molecule has 0 aromatic heterocycles. The fourth-order valence-corrected chi connectivity index (χ4v) is 4.23. The van der Waals surface area contributed by atoms with E-state index in [0.717, 1.165) is 4.90 Å². The molecular weight excluding hydrogens is 408 g/mol. The Balaban J connectivity index is 1.91. The number of anilines is 2. The van der Waals surface area contributed by atoms with Crippen LogP contribution in [0, 0.1) is 0 Å². The smallest absolute Gasteiger partial charge is 0.262 e. The zero-order valence-electron chi connectivity index (χ0n) is 15.9. The molecule has 0 fully saturated rings. The second kappa shape index (κ2) is 9.02. The lowest BCUT2D eigenvalue weighted by Crippen LogP contribution is -2.15. The van der Waals surface area contributed by atoms with Gasteiger partial charge in [-0.05, 0) is 48.7 Å². The molecule has 0 saturated heterocycles. The van der Waals surface area contributed by atoms with E-state index in [1.54, 1.807) is 42.5 Å². The Hall–Kier alpha value is -2.97. The highest BCUT2D eigenvalue weighted by Gasteiger charge is 2.19. The van der Waals surface area contributed by atoms with E-state index in [0.29, 0.717) is 22.9 Å². The first-order valence-electron chi connectivity index (χ1n) is 8.69. The number of thioether (sulfide) groups is 1. The van der Waals surface area contributed by atoms with Crippen molar-refractivity contribution >= 4 is 39.1 Å². The summed E-state index contributed by atoms with van der Waals surface area (Å²) in [6, 6.07) is 20.5. The number of ether oxygens (including phenoxy) is 1. The van der Waals surface area contributed by atoms with Gasteiger partial charge in [0.15, 0.2) is 5.75 Å². The van der Waals surface area contributed by atoms with Gasteiger partial charge in [-0.15, -0.1) is 11.8 Å². The van der Waals surface area contributed by atoms with Crippen molar-refractivity contribution in [2.45, 2.75) is 16.7 Å². The molecule has 0 atom stereocenters. The molecule has 150 valence electrons. The lowest BCUT2D eigenvalue weighted by Gasteiger charge is -2.15. The Morgan fingerprint density at radius 2 is 1.62 bits per heavy atom. The second-order valence-corrected chi connectivity index (χ2v) is 8.59. The van der Waals surface area contributed by atoms with E-state index in [1.807, 2.05) is 24.5 Å². The van der Waals surface area contributed by atoms with Crippen LogP contribution in [0.5, 0.6) is 11.5 Å². The highest BCUT2D eigenvalue weighted by atomic mass is 32.2. The van der Waals surface area contributed by atoms with Crippen molar-refractivity contribution < 1.29 is 17.9 Å². The number of amides is 1. The number of rotatable bonds is 7. The van der Waals surface area contributed by atoms with Crippen LogP contribution >= 0.6 is 11.8 Å². The van der Waals surface area contributed by atoms with E-state index in [4.69, 9.17) is 4.74 Å². The fraction of sp³-hybridized carbons (Fsp3) is 0.0952. The van der Waals surface area contributed by atoms with Crippen LogP contribution in [0.2, 0.25) is 0 Å². The van der Waals surface area contributed by atoms with Crippen molar-refractivity contribution in [1.29, 1.82) is 0 Å². The first kappa shape index (κ1) is 20.8. The predicted molar refractivity (Wildman–Crippen MR) is 116 cm³/mol. The molecule has 0 aliphatic heterocycles. The van der Waals surface area contributed by atoms with Gasteiger partial charge >= 0.3 is 0 Å². The monoisotopic (exact) mass is 428 g/mol. The zero-order chi connectivity index (χ0) is 20.9. The molecule has 6 nitrogen and oxygen atoms in total. The van der Waals surface area contributed by atoms with E-state index in [-0.39, 0.29) is 10.8 Å². The molecule has 0 heterocycles. The van der Waals surface area contributed by atoms with Gasteiger partial charge < -0.3 is 10.1 Å². The average Bonchev–Trinajstić information content (AvgIpc) is 2.69. The van der Waals surface area contributed by atoms with Gasteiger partial charge in [0.05, 0.1) is 16.3 Å². The number of carbonyl (C=O) groups excluding carboxylic acids is 1. The standard InChI is InChI=1S/C21H20N2O4S2/c1-15(24)22-19-14-17(12-13-21(19)28-2)29(25,26)23-18-10-6-7-11-20(18)27-16-8-4-3-5-9-16/h3-14,23H,1-2H3,(H,22,24). The number of hydrogen-bond donors (Lipinski definition) is 2. The first-order valence-corrected chi connectivity index (χ1v) is 11.4. The van der Waals surface area contributed by atoms with Crippen LogP contribution in [0.4, 0.5) is 11.4 Å². The molecule has 0 saturated carbocycles. The van der Waals surface area contributed by atoms with E-state index < -0.39 is 10.0 Å². The molecule has 3 aromatic rings. The summed E-state index contributed by atoms with van der Waals surface area (Å²) >= 11 is 1.41. The van der Waals surface area contributed by atoms with Crippen molar-refractivity contribution in [2.24, 2.45) is 0 Å². The molecule has 0 unspecified atom stereocenters. The first-order chi connectivity index (χ1) is 13.9. The summed E-state index contributed by atoms with van der Waals surface area (Å²) in [5.74, 6) is 0.700. The molecule has 0 aliphatic rings. The van der Waals surface area contributed by atoms with Gasteiger partial charge in [0.2, 0.25) is 5.91 Å². The van der Waals surface area contributed by atoms with Gasteiger partial charge in [0, 0.05) is 11.8 Å². The minimum atomic E-state index is -3.90. The minimum absolute atomic E-state index is 0.0357. The Morgan fingerprint density at radius 3 is 2.31 bits per heavy atom. The maximum atomic E-state index is 13.0. The SMILES string of the molecule is CSc1ccc(S(=O)(=O)Nc2ccccc2Oc2ccccc2)cc1NC(C)=O. The second-order valence-electron chi connectivity index (χ2n) is 6.06. The minimum Gasteiger partial charge on any atom is -0.455 e. The summed E-state index contributed by atoms with van der Waals surface area (Å²) in [6.07, 6.45) is 1.85.